The van der Waals surface area contributed by atoms with Gasteiger partial charge in [-0.1, -0.05) is 34.6 Å². The molecule has 0 aromatic carbocycles. The molecule has 3 aliphatic carbocycles. The number of carbonyl (C=O) groups excluding carboxylic acids is 2. The minimum Gasteiger partial charge on any atom is -0.460 e. The van der Waals surface area contributed by atoms with Crippen LogP contribution in [0.3, 0.4) is 0 Å². The lowest BCUT2D eigenvalue weighted by atomic mass is 9.43. The van der Waals surface area contributed by atoms with Crippen molar-refractivity contribution in [1.82, 2.24) is 0 Å². The molecule has 0 amide bonds. The number of hydrogen-bond acceptors (Lipinski definition) is 5. The Labute approximate surface area is 162 Å². The molecule has 0 saturated heterocycles. The molecule has 0 radical (unpaired) electrons. The van der Waals surface area contributed by atoms with Gasteiger partial charge in [0.1, 0.15) is 18.5 Å². The molecule has 8 atom stereocenters. The molecular weight excluding hydrogens is 344 g/mol. The second-order valence-corrected chi connectivity index (χ2v) is 10.0. The maximum Gasteiger partial charge on any atom is 0.332 e. The predicted molar refractivity (Wildman–Crippen MR) is 102 cm³/mol. The third kappa shape index (κ3) is 2.79. The van der Waals surface area contributed by atoms with Gasteiger partial charge in [0.25, 0.3) is 0 Å². The van der Waals surface area contributed by atoms with E-state index in [-0.39, 0.29) is 29.0 Å². The number of ketones is 1. The van der Waals surface area contributed by atoms with E-state index in [4.69, 9.17) is 4.74 Å². The molecule has 2 bridgehead atoms. The van der Waals surface area contributed by atoms with E-state index in [1.54, 1.807) is 0 Å². The van der Waals surface area contributed by atoms with Gasteiger partial charge in [0.2, 0.25) is 0 Å². The van der Waals surface area contributed by atoms with Crippen LogP contribution in [0.5, 0.6) is 0 Å². The van der Waals surface area contributed by atoms with Gasteiger partial charge in [-0.05, 0) is 54.8 Å². The monoisotopic (exact) mass is 380 g/mol. The number of Topliss-reactive ketones (excluding diaryl/α,β-unsaturated/α-hetero) is 1. The fourth-order valence-electron chi connectivity index (χ4n) is 6.90. The Morgan fingerprint density at radius 2 is 1.93 bits per heavy atom. The fourth-order valence-corrected chi connectivity index (χ4v) is 6.90. The van der Waals surface area contributed by atoms with Crippen LogP contribution in [0.25, 0.3) is 0 Å². The van der Waals surface area contributed by atoms with Gasteiger partial charge in [-0.3, -0.25) is 4.79 Å². The molecule has 0 aliphatic heterocycles. The van der Waals surface area contributed by atoms with Crippen LogP contribution in [-0.2, 0) is 14.3 Å². The summed E-state index contributed by atoms with van der Waals surface area (Å²) in [5.41, 5.74) is -1.10. The average molecular weight is 381 g/mol. The Balaban J connectivity index is 2.19. The van der Waals surface area contributed by atoms with Crippen LogP contribution in [0.4, 0.5) is 0 Å². The summed E-state index contributed by atoms with van der Waals surface area (Å²) in [6, 6.07) is 0. The highest BCUT2D eigenvalue weighted by molar-refractivity contribution is 5.85. The number of hydrogen-bond donors (Lipinski definition) is 2. The zero-order valence-corrected chi connectivity index (χ0v) is 17.5. The largest absolute Gasteiger partial charge is 0.460 e. The highest BCUT2D eigenvalue weighted by Gasteiger charge is 2.68. The van der Waals surface area contributed by atoms with Crippen molar-refractivity contribution >= 4 is 11.8 Å². The van der Waals surface area contributed by atoms with Crippen molar-refractivity contribution in [3.8, 4) is 0 Å². The first-order valence-corrected chi connectivity index (χ1v) is 10.6. The van der Waals surface area contributed by atoms with Crippen LogP contribution >= 0.6 is 0 Å². The molecule has 0 unspecified atom stereocenters. The van der Waals surface area contributed by atoms with Crippen LogP contribution in [0.15, 0.2) is 0 Å². The molecule has 0 aromatic rings. The maximum absolute atomic E-state index is 13.1. The lowest BCUT2D eigenvalue weighted by Gasteiger charge is -2.62. The first kappa shape index (κ1) is 20.8. The highest BCUT2D eigenvalue weighted by atomic mass is 16.6. The van der Waals surface area contributed by atoms with Gasteiger partial charge in [-0.15, -0.1) is 0 Å². The molecule has 3 saturated carbocycles. The third-order valence-corrected chi connectivity index (χ3v) is 9.11. The average Bonchev–Trinajstić information content (AvgIpc) is 3.00. The molecule has 2 N–H and O–H groups in total. The molecule has 5 nitrogen and oxygen atoms in total. The molecule has 3 rings (SSSR count). The summed E-state index contributed by atoms with van der Waals surface area (Å²) in [5, 5.41) is 20.7. The molecule has 3 fully saturated rings. The first-order valence-electron chi connectivity index (χ1n) is 10.6. The summed E-state index contributed by atoms with van der Waals surface area (Å²) in [6.07, 6.45) is 3.53. The Hall–Kier alpha value is -0.940. The van der Waals surface area contributed by atoms with E-state index >= 15 is 0 Å². The van der Waals surface area contributed by atoms with Crippen LogP contribution in [0.2, 0.25) is 0 Å². The lowest BCUT2D eigenvalue weighted by molar-refractivity contribution is -0.213. The van der Waals surface area contributed by atoms with E-state index in [1.165, 1.54) is 0 Å². The van der Waals surface area contributed by atoms with Gasteiger partial charge in [-0.2, -0.15) is 0 Å². The van der Waals surface area contributed by atoms with E-state index in [1.807, 2.05) is 0 Å². The third-order valence-electron chi connectivity index (χ3n) is 9.11. The van der Waals surface area contributed by atoms with Crippen molar-refractivity contribution in [1.29, 1.82) is 0 Å². The Morgan fingerprint density at radius 1 is 1.26 bits per heavy atom. The van der Waals surface area contributed by atoms with Gasteiger partial charge in [0.15, 0.2) is 0 Å². The van der Waals surface area contributed by atoms with Gasteiger partial charge in [0.05, 0.1) is 6.10 Å². The second kappa shape index (κ2) is 6.84. The molecule has 0 heterocycles. The summed E-state index contributed by atoms with van der Waals surface area (Å²) in [5.74, 6) is -0.320. The smallest absolute Gasteiger partial charge is 0.332 e. The van der Waals surface area contributed by atoms with Crippen LogP contribution in [0.1, 0.15) is 73.1 Å². The topological polar surface area (TPSA) is 83.8 Å². The van der Waals surface area contributed by atoms with E-state index in [0.717, 1.165) is 25.7 Å². The number of carbonyl (C=O) groups is 2. The Bertz CT molecular complexity index is 618. The summed E-state index contributed by atoms with van der Waals surface area (Å²) >= 11 is 0. The van der Waals surface area contributed by atoms with E-state index < -0.39 is 35.6 Å². The number of esters is 1. The van der Waals surface area contributed by atoms with Crippen molar-refractivity contribution in [3.05, 3.63) is 0 Å². The van der Waals surface area contributed by atoms with Crippen molar-refractivity contribution < 1.29 is 24.5 Å². The second-order valence-electron chi connectivity index (χ2n) is 10.0. The van der Waals surface area contributed by atoms with E-state index in [9.17, 15) is 19.8 Å². The van der Waals surface area contributed by atoms with Crippen molar-refractivity contribution in [2.75, 3.05) is 6.61 Å². The van der Waals surface area contributed by atoms with Gasteiger partial charge >= 0.3 is 5.97 Å². The lowest BCUT2D eigenvalue weighted by Crippen LogP contribution is -2.63. The van der Waals surface area contributed by atoms with Crippen molar-refractivity contribution in [2.24, 2.45) is 34.0 Å². The Kier molecular flexibility index (Phi) is 5.26. The molecule has 5 heteroatoms. The normalized spacial score (nSPS) is 49.9. The molecule has 3 aliphatic rings. The standard InChI is InChI=1S/C22H36O5/c1-6-20(4)11-16(27-17(25)12-23)21(5)13(2)7-9-22(14(3)19(20)26)10-8-15(24)18(21)22/h13-14,16,18-19,23,26H,6-12H2,1-5H3/t13-,14+,16+,18-,19+,20-,21-,22-/m1/s1. The number of ether oxygens (including phenoxy) is 1. The zero-order chi connectivity index (χ0) is 20.2. The van der Waals surface area contributed by atoms with Gasteiger partial charge < -0.3 is 14.9 Å². The first-order chi connectivity index (χ1) is 12.6. The van der Waals surface area contributed by atoms with Crippen LogP contribution in [0, 0.1) is 34.0 Å². The number of rotatable bonds is 3. The minimum absolute atomic E-state index is 0.0280. The molecule has 154 valence electrons. The van der Waals surface area contributed by atoms with Crippen LogP contribution < -0.4 is 0 Å². The van der Waals surface area contributed by atoms with Gasteiger partial charge in [0, 0.05) is 17.8 Å². The highest BCUT2D eigenvalue weighted by Crippen LogP contribution is 2.68. The molecule has 27 heavy (non-hydrogen) atoms. The summed E-state index contributed by atoms with van der Waals surface area (Å²) < 4.78 is 5.82. The SMILES string of the molecule is CC[C@]1(C)C[C@H](OC(=O)CO)[C@@]2(C)[C@H](C)CC[C@@]3(CCC(=O)[C@@H]32)[C@@H](C)[C@@H]1O. The quantitative estimate of drug-likeness (QED) is 0.735. The number of aliphatic hydroxyl groups is 2. The van der Waals surface area contributed by atoms with Crippen molar-refractivity contribution in [2.45, 2.75) is 85.4 Å². The molecular formula is C22H36O5. The van der Waals surface area contributed by atoms with Crippen LogP contribution in [-0.4, -0.2) is 40.8 Å². The molecule has 0 spiro atoms. The fraction of sp³-hybridized carbons (Fsp3) is 0.909. The predicted octanol–water partition coefficient (Wildman–Crippen LogP) is 3.11. The number of aliphatic hydroxyl groups excluding tert-OH is 2. The maximum atomic E-state index is 13.1. The van der Waals surface area contributed by atoms with Crippen molar-refractivity contribution in [3.63, 3.8) is 0 Å². The summed E-state index contributed by atoms with van der Waals surface area (Å²) in [6.45, 7) is 9.90. The molecule has 0 aromatic heterocycles. The Morgan fingerprint density at radius 3 is 2.52 bits per heavy atom. The minimum atomic E-state index is -0.660. The summed E-state index contributed by atoms with van der Waals surface area (Å²) in [4.78, 5) is 25.2. The zero-order valence-electron chi connectivity index (χ0n) is 17.5. The van der Waals surface area contributed by atoms with E-state index in [0.29, 0.717) is 12.8 Å². The van der Waals surface area contributed by atoms with E-state index in [2.05, 4.69) is 34.6 Å². The van der Waals surface area contributed by atoms with Gasteiger partial charge in [-0.25, -0.2) is 4.79 Å². The summed E-state index contributed by atoms with van der Waals surface area (Å²) in [7, 11) is 0.